The van der Waals surface area contributed by atoms with E-state index in [4.69, 9.17) is 0 Å². The lowest BCUT2D eigenvalue weighted by Gasteiger charge is -2.29. The number of carbonyl (C=O) groups excluding carboxylic acids is 3. The Bertz CT molecular complexity index is 1020. The fourth-order valence-electron chi connectivity index (χ4n) is 3.59. The normalized spacial score (nSPS) is 20.2. The lowest BCUT2D eigenvalue weighted by molar-refractivity contribution is -0.135. The minimum Gasteiger partial charge on any atom is -0.336 e. The van der Waals surface area contributed by atoms with E-state index in [0.717, 1.165) is 10.5 Å². The molecule has 7 heteroatoms. The van der Waals surface area contributed by atoms with E-state index in [1.165, 1.54) is 0 Å². The molecule has 2 N–H and O–H groups in total. The summed E-state index contributed by atoms with van der Waals surface area (Å²) in [4.78, 5) is 39.9. The molecule has 1 fully saturated rings. The fraction of sp³-hybridized carbons (Fsp3) is 0.333. The number of nitrogens with one attached hydrogen (secondary N) is 2. The summed E-state index contributed by atoms with van der Waals surface area (Å²) < 4.78 is 0. The summed E-state index contributed by atoms with van der Waals surface area (Å²) in [6, 6.07) is 19.9. The number of carbonyl (C=O) groups is 3. The molecule has 1 heterocycles. The summed E-state index contributed by atoms with van der Waals surface area (Å²) in [6.45, 7) is 4.79. The van der Waals surface area contributed by atoms with E-state index in [2.05, 4.69) is 16.7 Å². The molecule has 1 aliphatic heterocycles. The molecule has 7 nitrogen and oxygen atoms in total. The largest absolute Gasteiger partial charge is 0.336 e. The number of imide groups is 1. The van der Waals surface area contributed by atoms with Gasteiger partial charge in [-0.2, -0.15) is 5.26 Å². The SMILES string of the molecule is CC(C)C(C)(C#N)NC(=O)CN1C(=O)NC(Cc2ccccc2)(c2ccccc2)C1=O. The third-order valence-corrected chi connectivity index (χ3v) is 5.84. The molecule has 0 aromatic heterocycles. The summed E-state index contributed by atoms with van der Waals surface area (Å²) in [7, 11) is 0. The quantitative estimate of drug-likeness (QED) is 0.675. The van der Waals surface area contributed by atoms with Gasteiger partial charge in [0, 0.05) is 6.42 Å². The zero-order valence-corrected chi connectivity index (χ0v) is 17.9. The number of urea groups is 1. The molecule has 160 valence electrons. The molecule has 2 aromatic carbocycles. The minimum absolute atomic E-state index is 0.147. The molecule has 0 spiro atoms. The van der Waals surface area contributed by atoms with Gasteiger partial charge in [0.15, 0.2) is 5.54 Å². The van der Waals surface area contributed by atoms with E-state index in [-0.39, 0.29) is 12.3 Å². The van der Waals surface area contributed by atoms with Crippen LogP contribution in [0.5, 0.6) is 0 Å². The molecule has 0 bridgehead atoms. The van der Waals surface area contributed by atoms with Crippen LogP contribution in [0.25, 0.3) is 0 Å². The smallest absolute Gasteiger partial charge is 0.325 e. The van der Waals surface area contributed by atoms with Crippen LogP contribution in [0.4, 0.5) is 4.79 Å². The monoisotopic (exact) mass is 418 g/mol. The van der Waals surface area contributed by atoms with Crippen molar-refractivity contribution in [1.82, 2.24) is 15.5 Å². The Morgan fingerprint density at radius 2 is 1.71 bits per heavy atom. The fourth-order valence-corrected chi connectivity index (χ4v) is 3.59. The van der Waals surface area contributed by atoms with Gasteiger partial charge in [-0.05, 0) is 24.0 Å². The Kier molecular flexibility index (Phi) is 6.11. The number of hydrogen-bond acceptors (Lipinski definition) is 4. The summed E-state index contributed by atoms with van der Waals surface area (Å²) in [5.74, 6) is -1.21. The van der Waals surface area contributed by atoms with Crippen LogP contribution in [0.2, 0.25) is 0 Å². The zero-order valence-electron chi connectivity index (χ0n) is 17.9. The molecular formula is C24H26N4O3. The highest BCUT2D eigenvalue weighted by Crippen LogP contribution is 2.33. The maximum Gasteiger partial charge on any atom is 0.325 e. The number of nitrogens with zero attached hydrogens (tertiary/aromatic N) is 2. The molecule has 2 unspecified atom stereocenters. The van der Waals surface area contributed by atoms with Gasteiger partial charge < -0.3 is 10.6 Å². The van der Waals surface area contributed by atoms with Crippen LogP contribution < -0.4 is 10.6 Å². The lowest BCUT2D eigenvalue weighted by atomic mass is 9.83. The summed E-state index contributed by atoms with van der Waals surface area (Å²) in [5.41, 5.74) is -0.889. The van der Waals surface area contributed by atoms with Crippen LogP contribution >= 0.6 is 0 Å². The maximum atomic E-state index is 13.5. The van der Waals surface area contributed by atoms with Gasteiger partial charge in [-0.1, -0.05) is 74.5 Å². The number of nitriles is 1. The van der Waals surface area contributed by atoms with Gasteiger partial charge >= 0.3 is 6.03 Å². The van der Waals surface area contributed by atoms with Crippen LogP contribution in [-0.4, -0.2) is 34.8 Å². The van der Waals surface area contributed by atoms with Crippen LogP contribution in [0, 0.1) is 17.2 Å². The Labute approximate surface area is 182 Å². The molecule has 0 aliphatic carbocycles. The highest BCUT2D eigenvalue weighted by Gasteiger charge is 2.53. The van der Waals surface area contributed by atoms with Gasteiger partial charge in [0.1, 0.15) is 12.1 Å². The van der Waals surface area contributed by atoms with Crippen molar-refractivity contribution in [2.75, 3.05) is 6.54 Å². The Balaban J connectivity index is 1.90. The zero-order chi connectivity index (χ0) is 22.6. The summed E-state index contributed by atoms with van der Waals surface area (Å²) >= 11 is 0. The van der Waals surface area contributed by atoms with Gasteiger partial charge in [0.25, 0.3) is 5.91 Å². The second-order valence-corrected chi connectivity index (χ2v) is 8.27. The predicted octanol–water partition coefficient (Wildman–Crippen LogP) is 2.73. The third-order valence-electron chi connectivity index (χ3n) is 5.84. The van der Waals surface area contributed by atoms with Crippen molar-refractivity contribution in [2.45, 2.75) is 38.3 Å². The Hall–Kier alpha value is -3.66. The standard InChI is InChI=1S/C24H26N4O3/c1-17(2)23(3,16-25)26-20(29)15-28-21(30)24(27-22(28)31,19-12-8-5-9-13-19)14-18-10-6-4-7-11-18/h4-13,17H,14-15H2,1-3H3,(H,26,29)(H,27,31). The molecule has 4 amide bonds. The van der Waals surface area contributed by atoms with E-state index < -0.39 is 35.5 Å². The van der Waals surface area contributed by atoms with E-state index in [1.54, 1.807) is 31.2 Å². The average molecular weight is 418 g/mol. The average Bonchev–Trinajstić information content (AvgIpc) is 2.99. The highest BCUT2D eigenvalue weighted by molar-refractivity contribution is 6.09. The Morgan fingerprint density at radius 1 is 1.13 bits per heavy atom. The summed E-state index contributed by atoms with van der Waals surface area (Å²) in [5, 5.41) is 14.9. The molecule has 0 radical (unpaired) electrons. The number of rotatable bonds is 7. The first kappa shape index (κ1) is 22.0. The van der Waals surface area contributed by atoms with Gasteiger partial charge in [-0.25, -0.2) is 4.79 Å². The van der Waals surface area contributed by atoms with Crippen molar-refractivity contribution in [1.29, 1.82) is 5.26 Å². The van der Waals surface area contributed by atoms with Gasteiger partial charge in [0.2, 0.25) is 5.91 Å². The van der Waals surface area contributed by atoms with Crippen LogP contribution in [0.1, 0.15) is 31.9 Å². The van der Waals surface area contributed by atoms with Gasteiger partial charge in [-0.3, -0.25) is 14.5 Å². The van der Waals surface area contributed by atoms with Crippen molar-refractivity contribution in [3.05, 3.63) is 71.8 Å². The summed E-state index contributed by atoms with van der Waals surface area (Å²) in [6.07, 6.45) is 0.252. The van der Waals surface area contributed by atoms with Gasteiger partial charge in [-0.15, -0.1) is 0 Å². The minimum atomic E-state index is -1.31. The first-order valence-corrected chi connectivity index (χ1v) is 10.2. The van der Waals surface area contributed by atoms with Crippen LogP contribution in [0.3, 0.4) is 0 Å². The van der Waals surface area contributed by atoms with Crippen LogP contribution in [-0.2, 0) is 21.5 Å². The maximum absolute atomic E-state index is 13.5. The van der Waals surface area contributed by atoms with E-state index in [9.17, 15) is 19.6 Å². The van der Waals surface area contributed by atoms with Crippen molar-refractivity contribution in [3.63, 3.8) is 0 Å². The molecule has 31 heavy (non-hydrogen) atoms. The van der Waals surface area contributed by atoms with Crippen molar-refractivity contribution in [2.24, 2.45) is 5.92 Å². The molecule has 3 rings (SSSR count). The topological polar surface area (TPSA) is 102 Å². The van der Waals surface area contributed by atoms with E-state index in [1.807, 2.05) is 50.2 Å². The van der Waals surface area contributed by atoms with Crippen LogP contribution in [0.15, 0.2) is 60.7 Å². The molecule has 1 saturated heterocycles. The van der Waals surface area contributed by atoms with E-state index in [0.29, 0.717) is 5.56 Å². The molecule has 0 saturated carbocycles. The number of benzene rings is 2. The van der Waals surface area contributed by atoms with Crippen molar-refractivity contribution in [3.8, 4) is 6.07 Å². The van der Waals surface area contributed by atoms with Crippen molar-refractivity contribution >= 4 is 17.8 Å². The van der Waals surface area contributed by atoms with Crippen molar-refractivity contribution < 1.29 is 14.4 Å². The molecule has 2 aromatic rings. The van der Waals surface area contributed by atoms with Gasteiger partial charge in [0.05, 0.1) is 6.07 Å². The first-order valence-electron chi connectivity index (χ1n) is 10.2. The molecular weight excluding hydrogens is 392 g/mol. The predicted molar refractivity (Wildman–Crippen MR) is 116 cm³/mol. The second-order valence-electron chi connectivity index (χ2n) is 8.27. The van der Waals surface area contributed by atoms with E-state index >= 15 is 0 Å². The third kappa shape index (κ3) is 4.29. The lowest BCUT2D eigenvalue weighted by Crippen LogP contribution is -2.53. The number of hydrogen-bond donors (Lipinski definition) is 2. The molecule has 1 aliphatic rings. The second kappa shape index (κ2) is 8.60. The molecule has 2 atom stereocenters. The highest BCUT2D eigenvalue weighted by atomic mass is 16.2. The first-order chi connectivity index (χ1) is 14.7. The Morgan fingerprint density at radius 3 is 2.26 bits per heavy atom. The number of amides is 4.